The minimum absolute atomic E-state index is 0.187. The molecule has 0 spiro atoms. The van der Waals surface area contributed by atoms with E-state index < -0.39 is 5.97 Å². The number of carbonyl (C=O) groups excluding carboxylic acids is 2. The summed E-state index contributed by atoms with van der Waals surface area (Å²) in [5, 5.41) is 1.06. The first-order valence-electron chi connectivity index (χ1n) is 10.2. The van der Waals surface area contributed by atoms with Crippen LogP contribution in [0.5, 0.6) is 0 Å². The summed E-state index contributed by atoms with van der Waals surface area (Å²) in [6.07, 6.45) is 0.664. The predicted octanol–water partition coefficient (Wildman–Crippen LogP) is 4.54. The van der Waals surface area contributed by atoms with Crippen LogP contribution in [0.2, 0.25) is 0 Å². The first-order valence-corrected chi connectivity index (χ1v) is 10.2. The van der Waals surface area contributed by atoms with Crippen LogP contribution in [0, 0.1) is 0 Å². The molecule has 0 aliphatic carbocycles. The molecule has 0 saturated heterocycles. The Kier molecular flexibility index (Phi) is 6.83. The van der Waals surface area contributed by atoms with Crippen molar-refractivity contribution in [2.24, 2.45) is 0 Å². The zero-order chi connectivity index (χ0) is 21.6. The van der Waals surface area contributed by atoms with Crippen molar-refractivity contribution in [1.82, 2.24) is 9.88 Å². The highest BCUT2D eigenvalue weighted by Crippen LogP contribution is 2.18. The van der Waals surface area contributed by atoms with E-state index in [1.807, 2.05) is 87.5 Å². The molecule has 156 valence electrons. The average Bonchev–Trinajstić information content (AvgIpc) is 2.74. The van der Waals surface area contributed by atoms with E-state index in [9.17, 15) is 9.59 Å². The third kappa shape index (κ3) is 5.89. The highest BCUT2D eigenvalue weighted by Gasteiger charge is 2.27. The molecule has 2 aromatic carbocycles. The van der Waals surface area contributed by atoms with Crippen molar-refractivity contribution in [2.45, 2.75) is 45.7 Å². The molecule has 0 aliphatic rings. The second kappa shape index (κ2) is 9.53. The van der Waals surface area contributed by atoms with Crippen LogP contribution in [0.25, 0.3) is 10.9 Å². The fraction of sp³-hybridized carbons (Fsp3) is 0.320. The summed E-state index contributed by atoms with van der Waals surface area (Å²) in [6.45, 7) is 6.14. The number of amides is 1. The number of aromatic nitrogens is 1. The van der Waals surface area contributed by atoms with Crippen LogP contribution in [0.15, 0.2) is 66.7 Å². The minimum atomic E-state index is -0.396. The number of carbonyl (C=O) groups is 2. The van der Waals surface area contributed by atoms with E-state index in [0.717, 1.165) is 22.2 Å². The van der Waals surface area contributed by atoms with Gasteiger partial charge >= 0.3 is 5.97 Å². The number of pyridine rings is 1. The minimum Gasteiger partial charge on any atom is -0.456 e. The molecule has 0 atom stereocenters. The molecule has 0 saturated carbocycles. The molecular weight excluding hydrogens is 376 g/mol. The topological polar surface area (TPSA) is 59.5 Å². The largest absolute Gasteiger partial charge is 0.456 e. The number of para-hydroxylation sites is 1. The van der Waals surface area contributed by atoms with Crippen molar-refractivity contribution in [3.63, 3.8) is 0 Å². The van der Waals surface area contributed by atoms with E-state index in [4.69, 9.17) is 4.74 Å². The van der Waals surface area contributed by atoms with E-state index in [2.05, 4.69) is 4.98 Å². The highest BCUT2D eigenvalue weighted by molar-refractivity contribution is 5.81. The van der Waals surface area contributed by atoms with E-state index in [-0.39, 0.29) is 24.5 Å². The SMILES string of the molecule is CC(C)(C)N(Cc1ccccc1)C(=O)COC(=O)CCc1ccc2ccccc2n1. The molecule has 0 fully saturated rings. The molecule has 3 rings (SSSR count). The Morgan fingerprint density at radius 3 is 2.37 bits per heavy atom. The van der Waals surface area contributed by atoms with Crippen molar-refractivity contribution in [3.8, 4) is 0 Å². The van der Waals surface area contributed by atoms with Gasteiger partial charge in [-0.3, -0.25) is 14.6 Å². The monoisotopic (exact) mass is 404 g/mol. The summed E-state index contributed by atoms with van der Waals surface area (Å²) in [4.78, 5) is 31.3. The Morgan fingerprint density at radius 1 is 0.933 bits per heavy atom. The quantitative estimate of drug-likeness (QED) is 0.543. The number of rotatable bonds is 7. The lowest BCUT2D eigenvalue weighted by molar-refractivity contribution is -0.154. The van der Waals surface area contributed by atoms with Crippen LogP contribution >= 0.6 is 0 Å². The molecule has 0 bridgehead atoms. The van der Waals surface area contributed by atoms with Crippen molar-refractivity contribution in [3.05, 3.63) is 78.0 Å². The summed E-state index contributed by atoms with van der Waals surface area (Å²) >= 11 is 0. The zero-order valence-electron chi connectivity index (χ0n) is 17.8. The highest BCUT2D eigenvalue weighted by atomic mass is 16.5. The molecule has 1 aromatic heterocycles. The van der Waals surface area contributed by atoms with E-state index in [0.29, 0.717) is 13.0 Å². The third-order valence-corrected chi connectivity index (χ3v) is 4.89. The Bertz CT molecular complexity index is 1010. The maximum Gasteiger partial charge on any atom is 0.306 e. The van der Waals surface area contributed by atoms with Crippen molar-refractivity contribution >= 4 is 22.8 Å². The number of esters is 1. The number of nitrogens with zero attached hydrogens (tertiary/aromatic N) is 2. The standard InChI is InChI=1S/C25H28N2O3/c1-25(2,3)27(17-19-9-5-4-6-10-19)23(28)18-30-24(29)16-15-21-14-13-20-11-7-8-12-22(20)26-21/h4-14H,15-18H2,1-3H3. The van der Waals surface area contributed by atoms with Gasteiger partial charge in [0.05, 0.1) is 11.9 Å². The first-order chi connectivity index (χ1) is 14.3. The summed E-state index contributed by atoms with van der Waals surface area (Å²) in [5.41, 5.74) is 2.39. The van der Waals surface area contributed by atoms with Crippen molar-refractivity contribution in [1.29, 1.82) is 0 Å². The molecule has 0 N–H and O–H groups in total. The van der Waals surface area contributed by atoms with Gasteiger partial charge < -0.3 is 9.64 Å². The fourth-order valence-electron chi connectivity index (χ4n) is 3.24. The Morgan fingerprint density at radius 2 is 1.63 bits per heavy atom. The lowest BCUT2D eigenvalue weighted by Gasteiger charge is -2.35. The van der Waals surface area contributed by atoms with Gasteiger partial charge in [0.1, 0.15) is 0 Å². The van der Waals surface area contributed by atoms with Gasteiger partial charge in [-0.15, -0.1) is 0 Å². The predicted molar refractivity (Wildman–Crippen MR) is 118 cm³/mol. The summed E-state index contributed by atoms with van der Waals surface area (Å²) in [7, 11) is 0. The Labute approximate surface area is 177 Å². The molecule has 3 aromatic rings. The second-order valence-corrected chi connectivity index (χ2v) is 8.29. The summed E-state index contributed by atoms with van der Waals surface area (Å²) in [5.74, 6) is -0.601. The maximum atomic E-state index is 12.8. The van der Waals surface area contributed by atoms with Gasteiger partial charge in [0.15, 0.2) is 6.61 Å². The molecule has 0 aliphatic heterocycles. The van der Waals surface area contributed by atoms with Gasteiger partial charge in [0.25, 0.3) is 5.91 Å². The van der Waals surface area contributed by atoms with Gasteiger partial charge in [0, 0.05) is 29.6 Å². The van der Waals surface area contributed by atoms with Crippen LogP contribution in [0.4, 0.5) is 0 Å². The molecule has 0 unspecified atom stereocenters. The molecule has 5 heteroatoms. The summed E-state index contributed by atoms with van der Waals surface area (Å²) < 4.78 is 5.27. The normalized spacial score (nSPS) is 11.3. The van der Waals surface area contributed by atoms with E-state index in [1.165, 1.54) is 0 Å². The van der Waals surface area contributed by atoms with Crippen LogP contribution in [0.1, 0.15) is 38.4 Å². The van der Waals surface area contributed by atoms with Gasteiger partial charge in [-0.25, -0.2) is 0 Å². The zero-order valence-corrected chi connectivity index (χ0v) is 17.8. The fourth-order valence-corrected chi connectivity index (χ4v) is 3.24. The number of hydrogen-bond acceptors (Lipinski definition) is 4. The van der Waals surface area contributed by atoms with Gasteiger partial charge in [-0.05, 0) is 38.5 Å². The third-order valence-electron chi connectivity index (χ3n) is 4.89. The molecular formula is C25H28N2O3. The number of benzene rings is 2. The van der Waals surface area contributed by atoms with Crippen LogP contribution in [-0.4, -0.2) is 33.9 Å². The van der Waals surface area contributed by atoms with Gasteiger partial charge in [-0.2, -0.15) is 0 Å². The first kappa shape index (κ1) is 21.5. The number of fused-ring (bicyclic) bond motifs is 1. The van der Waals surface area contributed by atoms with E-state index >= 15 is 0 Å². The Balaban J connectivity index is 1.53. The molecule has 5 nitrogen and oxygen atoms in total. The molecule has 30 heavy (non-hydrogen) atoms. The maximum absolute atomic E-state index is 12.8. The summed E-state index contributed by atoms with van der Waals surface area (Å²) in [6, 6.07) is 21.6. The smallest absolute Gasteiger partial charge is 0.306 e. The Hall–Kier alpha value is -3.21. The second-order valence-electron chi connectivity index (χ2n) is 8.29. The van der Waals surface area contributed by atoms with Crippen molar-refractivity contribution in [2.75, 3.05) is 6.61 Å². The van der Waals surface area contributed by atoms with Gasteiger partial charge in [-0.1, -0.05) is 54.6 Å². The molecule has 1 heterocycles. The molecule has 0 radical (unpaired) electrons. The number of aryl methyl sites for hydroxylation is 1. The van der Waals surface area contributed by atoms with E-state index in [1.54, 1.807) is 4.90 Å². The number of hydrogen-bond donors (Lipinski definition) is 0. The lowest BCUT2D eigenvalue weighted by atomic mass is 10.0. The number of ether oxygens (including phenoxy) is 1. The van der Waals surface area contributed by atoms with Crippen LogP contribution < -0.4 is 0 Å². The van der Waals surface area contributed by atoms with Gasteiger partial charge in [0.2, 0.25) is 0 Å². The van der Waals surface area contributed by atoms with Crippen LogP contribution in [-0.2, 0) is 27.3 Å². The molecule has 1 amide bonds. The van der Waals surface area contributed by atoms with Crippen LogP contribution in [0.3, 0.4) is 0 Å². The lowest BCUT2D eigenvalue weighted by Crippen LogP contribution is -2.46. The average molecular weight is 405 g/mol. The van der Waals surface area contributed by atoms with Crippen molar-refractivity contribution < 1.29 is 14.3 Å².